The van der Waals surface area contributed by atoms with Gasteiger partial charge >= 0.3 is 0 Å². The highest BCUT2D eigenvalue weighted by Crippen LogP contribution is 2.29. The lowest BCUT2D eigenvalue weighted by Crippen LogP contribution is -1.99. The second-order valence-corrected chi connectivity index (χ2v) is 5.40. The van der Waals surface area contributed by atoms with Crippen molar-refractivity contribution in [1.29, 1.82) is 0 Å². The molecule has 1 atom stereocenters. The number of rotatable bonds is 8. The monoisotopic (exact) mass is 292 g/mol. The summed E-state index contributed by atoms with van der Waals surface area (Å²) in [4.78, 5) is 0. The highest BCUT2D eigenvalue weighted by Gasteiger charge is 2.10. The van der Waals surface area contributed by atoms with Crippen molar-refractivity contribution in [2.24, 2.45) is 5.92 Å². The summed E-state index contributed by atoms with van der Waals surface area (Å²) in [6, 6.07) is 10.6. The molecule has 0 heterocycles. The van der Waals surface area contributed by atoms with Gasteiger partial charge in [0, 0.05) is 0 Å². The molecule has 22 heavy (non-hydrogen) atoms. The molecule has 116 valence electrons. The van der Waals surface area contributed by atoms with Crippen molar-refractivity contribution in [1.82, 2.24) is 0 Å². The number of benzene rings is 1. The van der Waals surface area contributed by atoms with Crippen LogP contribution in [0.4, 0.5) is 0 Å². The summed E-state index contributed by atoms with van der Waals surface area (Å²) < 4.78 is 0. The third-order valence-electron chi connectivity index (χ3n) is 3.84. The zero-order chi connectivity index (χ0) is 16.4. The van der Waals surface area contributed by atoms with Crippen molar-refractivity contribution in [2.75, 3.05) is 0 Å². The highest BCUT2D eigenvalue weighted by molar-refractivity contribution is 5.72. The topological polar surface area (TPSA) is 0 Å². The van der Waals surface area contributed by atoms with E-state index in [-0.39, 0.29) is 0 Å². The van der Waals surface area contributed by atoms with Gasteiger partial charge in [-0.2, -0.15) is 0 Å². The Balaban J connectivity index is 3.40. The van der Waals surface area contributed by atoms with E-state index in [1.54, 1.807) is 0 Å². The van der Waals surface area contributed by atoms with Gasteiger partial charge in [0.05, 0.1) is 0 Å². The molecule has 0 fully saturated rings. The molecule has 0 aliphatic heterocycles. The molecule has 0 bridgehead atoms. The van der Waals surface area contributed by atoms with Crippen LogP contribution < -0.4 is 0 Å². The van der Waals surface area contributed by atoms with E-state index < -0.39 is 0 Å². The summed E-state index contributed by atoms with van der Waals surface area (Å²) in [6.45, 7) is 14.4. The van der Waals surface area contributed by atoms with Crippen LogP contribution in [0, 0.1) is 5.92 Å². The zero-order valence-electron chi connectivity index (χ0n) is 14.2. The molecule has 0 aromatic heterocycles. The molecular weight excluding hydrogens is 264 g/mol. The van der Waals surface area contributed by atoms with Crippen molar-refractivity contribution in [3.8, 4) is 0 Å². The minimum atomic E-state index is 0.512. The smallest absolute Gasteiger partial charge is 0.0187 e. The SMILES string of the molecule is C=C/C=C(C=C)/C(=C\CC)/C=C(/c1ccccc1)C(C)CC. The fourth-order valence-corrected chi connectivity index (χ4v) is 2.42. The Bertz CT molecular complexity index is 567. The predicted octanol–water partition coefficient (Wildman–Crippen LogP) is 6.75. The average Bonchev–Trinajstić information content (AvgIpc) is 2.56. The van der Waals surface area contributed by atoms with Gasteiger partial charge in [-0.1, -0.05) is 94.6 Å². The molecule has 1 unspecified atom stereocenters. The first kappa shape index (κ1) is 18.0. The Morgan fingerprint density at radius 2 is 1.77 bits per heavy atom. The highest BCUT2D eigenvalue weighted by atomic mass is 14.2. The second-order valence-electron chi connectivity index (χ2n) is 5.40. The third kappa shape index (κ3) is 5.04. The summed E-state index contributed by atoms with van der Waals surface area (Å²) >= 11 is 0. The molecule has 0 radical (unpaired) electrons. The maximum atomic E-state index is 3.94. The van der Waals surface area contributed by atoms with Crippen LogP contribution in [0.5, 0.6) is 0 Å². The fraction of sp³-hybridized carbons (Fsp3) is 0.273. The molecule has 0 heteroatoms. The van der Waals surface area contributed by atoms with E-state index in [2.05, 4.69) is 76.4 Å². The lowest BCUT2D eigenvalue weighted by atomic mass is 9.88. The largest absolute Gasteiger partial charge is 0.0990 e. The first-order valence-corrected chi connectivity index (χ1v) is 8.10. The quantitative estimate of drug-likeness (QED) is 0.465. The number of hydrogen-bond donors (Lipinski definition) is 0. The van der Waals surface area contributed by atoms with E-state index in [1.165, 1.54) is 16.7 Å². The van der Waals surface area contributed by atoms with Gasteiger partial charge in [0.25, 0.3) is 0 Å². The molecule has 0 saturated carbocycles. The normalized spacial score (nSPS) is 14.6. The molecule has 0 nitrogen and oxygen atoms in total. The summed E-state index contributed by atoms with van der Waals surface area (Å²) in [6.07, 6.45) is 12.4. The van der Waals surface area contributed by atoms with Crippen LogP contribution in [-0.2, 0) is 0 Å². The molecule has 1 rings (SSSR count). The molecule has 1 aromatic rings. The van der Waals surface area contributed by atoms with Crippen LogP contribution in [0.15, 0.2) is 85.0 Å². The van der Waals surface area contributed by atoms with E-state index in [1.807, 2.05) is 18.2 Å². The Labute approximate surface area is 136 Å². The number of hydrogen-bond acceptors (Lipinski definition) is 0. The lowest BCUT2D eigenvalue weighted by Gasteiger charge is -2.16. The van der Waals surface area contributed by atoms with Crippen molar-refractivity contribution in [3.63, 3.8) is 0 Å². The van der Waals surface area contributed by atoms with Gasteiger partial charge in [-0.3, -0.25) is 0 Å². The Morgan fingerprint density at radius 3 is 2.27 bits per heavy atom. The maximum absolute atomic E-state index is 3.94. The molecule has 0 saturated heterocycles. The van der Waals surface area contributed by atoms with Gasteiger partial charge in [-0.25, -0.2) is 0 Å². The van der Waals surface area contributed by atoms with E-state index in [0.29, 0.717) is 5.92 Å². The Hall–Kier alpha value is -2.08. The average molecular weight is 292 g/mol. The van der Waals surface area contributed by atoms with Crippen LogP contribution in [0.1, 0.15) is 39.2 Å². The van der Waals surface area contributed by atoms with Gasteiger partial charge in [0.1, 0.15) is 0 Å². The van der Waals surface area contributed by atoms with Crippen LogP contribution in [-0.4, -0.2) is 0 Å². The first-order chi connectivity index (χ1) is 10.7. The van der Waals surface area contributed by atoms with Gasteiger partial charge in [0.15, 0.2) is 0 Å². The molecule has 0 N–H and O–H groups in total. The second kappa shape index (κ2) is 9.78. The van der Waals surface area contributed by atoms with E-state index >= 15 is 0 Å². The van der Waals surface area contributed by atoms with Gasteiger partial charge in [-0.05, 0) is 41.0 Å². The molecule has 0 aliphatic carbocycles. The van der Waals surface area contributed by atoms with Crippen molar-refractivity contribution < 1.29 is 0 Å². The Kier molecular flexibility index (Phi) is 7.99. The zero-order valence-corrected chi connectivity index (χ0v) is 14.2. The van der Waals surface area contributed by atoms with Crippen LogP contribution in [0.25, 0.3) is 5.57 Å². The standard InChI is InChI=1S/C22H28/c1-6-13-19(9-4)21(14-7-2)17-22(18(5)8-3)20-15-11-10-12-16-20/h6,9-18H,1,4,7-8H2,2-3,5H3/b19-13+,21-14-,22-17+. The van der Waals surface area contributed by atoms with E-state index in [0.717, 1.165) is 18.4 Å². The number of allylic oxidation sites excluding steroid dienone is 8. The minimum absolute atomic E-state index is 0.512. The molecule has 1 aromatic carbocycles. The van der Waals surface area contributed by atoms with Crippen LogP contribution >= 0.6 is 0 Å². The molecule has 0 aliphatic rings. The fourth-order valence-electron chi connectivity index (χ4n) is 2.42. The maximum Gasteiger partial charge on any atom is -0.0187 e. The third-order valence-corrected chi connectivity index (χ3v) is 3.84. The van der Waals surface area contributed by atoms with Crippen molar-refractivity contribution >= 4 is 5.57 Å². The predicted molar refractivity (Wildman–Crippen MR) is 101 cm³/mol. The van der Waals surface area contributed by atoms with Crippen LogP contribution in [0.3, 0.4) is 0 Å². The summed E-state index contributed by atoms with van der Waals surface area (Å²) in [7, 11) is 0. The molecule has 0 amide bonds. The van der Waals surface area contributed by atoms with Crippen LogP contribution in [0.2, 0.25) is 0 Å². The van der Waals surface area contributed by atoms with Gasteiger partial charge in [0.2, 0.25) is 0 Å². The first-order valence-electron chi connectivity index (χ1n) is 8.10. The summed E-state index contributed by atoms with van der Waals surface area (Å²) in [5.74, 6) is 0.512. The van der Waals surface area contributed by atoms with Gasteiger partial charge in [-0.15, -0.1) is 0 Å². The lowest BCUT2D eigenvalue weighted by molar-refractivity contribution is 0.717. The van der Waals surface area contributed by atoms with Gasteiger partial charge < -0.3 is 0 Å². The van der Waals surface area contributed by atoms with Crippen molar-refractivity contribution in [3.05, 3.63) is 90.6 Å². The van der Waals surface area contributed by atoms with E-state index in [4.69, 9.17) is 0 Å². The van der Waals surface area contributed by atoms with E-state index in [9.17, 15) is 0 Å². The minimum Gasteiger partial charge on any atom is -0.0990 e. The summed E-state index contributed by atoms with van der Waals surface area (Å²) in [5.41, 5.74) is 5.01. The van der Waals surface area contributed by atoms with Crippen molar-refractivity contribution in [2.45, 2.75) is 33.6 Å². The molecule has 0 spiro atoms. The molecular formula is C22H28. The summed E-state index contributed by atoms with van der Waals surface area (Å²) in [5, 5.41) is 0. The Morgan fingerprint density at radius 1 is 1.09 bits per heavy atom.